The summed E-state index contributed by atoms with van der Waals surface area (Å²) in [4.78, 5) is 28.6. The third-order valence-corrected chi connectivity index (χ3v) is 3.87. The Bertz CT molecular complexity index is 1020. The summed E-state index contributed by atoms with van der Waals surface area (Å²) in [5, 5.41) is 0.801. The van der Waals surface area contributed by atoms with Crippen LogP contribution in [0.5, 0.6) is 5.75 Å². The highest BCUT2D eigenvalue weighted by atomic mass is 35.5. The number of hydrogen-bond donors (Lipinski definition) is 0. The van der Waals surface area contributed by atoms with Gasteiger partial charge in [0.2, 0.25) is 0 Å². The maximum Gasteiger partial charge on any atom is 0.342 e. The molecule has 25 heavy (non-hydrogen) atoms. The number of benzene rings is 1. The molecule has 1 aromatic carbocycles. The van der Waals surface area contributed by atoms with Crippen LogP contribution in [0, 0.1) is 0 Å². The average molecular weight is 379 g/mol. The third-order valence-electron chi connectivity index (χ3n) is 3.41. The number of carbonyl (C=O) groups excluding carboxylic acids is 1. The zero-order valence-electron chi connectivity index (χ0n) is 13.0. The molecule has 3 aromatic rings. The van der Waals surface area contributed by atoms with E-state index in [0.717, 1.165) is 0 Å². The van der Waals surface area contributed by atoms with Crippen molar-refractivity contribution in [1.29, 1.82) is 0 Å². The van der Waals surface area contributed by atoms with Gasteiger partial charge in [0.15, 0.2) is 0 Å². The van der Waals surface area contributed by atoms with Crippen molar-refractivity contribution in [3.8, 4) is 5.75 Å². The Labute approximate surface area is 152 Å². The van der Waals surface area contributed by atoms with Crippen LogP contribution in [0.4, 0.5) is 0 Å². The van der Waals surface area contributed by atoms with Crippen LogP contribution in [0.3, 0.4) is 0 Å². The number of ether oxygens (including phenoxy) is 2. The fourth-order valence-electron chi connectivity index (χ4n) is 2.26. The Hall–Kier alpha value is -2.57. The molecule has 0 bridgehead atoms. The molecule has 0 saturated heterocycles. The predicted octanol–water partition coefficient (Wildman–Crippen LogP) is 3.37. The first kappa shape index (κ1) is 17.3. The molecule has 2 heterocycles. The lowest BCUT2D eigenvalue weighted by Gasteiger charge is -2.09. The van der Waals surface area contributed by atoms with Gasteiger partial charge in [0.1, 0.15) is 23.6 Å². The molecule has 0 aliphatic heterocycles. The topological polar surface area (TPSA) is 69.9 Å². The van der Waals surface area contributed by atoms with Crippen LogP contribution in [0.2, 0.25) is 10.0 Å². The second-order valence-electron chi connectivity index (χ2n) is 5.08. The van der Waals surface area contributed by atoms with Crippen LogP contribution < -0.4 is 10.3 Å². The molecule has 3 rings (SSSR count). The Balaban J connectivity index is 1.83. The number of carbonyl (C=O) groups is 1. The minimum absolute atomic E-state index is 0.164. The molecule has 6 nitrogen and oxygen atoms in total. The average Bonchev–Trinajstić information content (AvgIpc) is 2.60. The summed E-state index contributed by atoms with van der Waals surface area (Å²) in [6, 6.07) is 9.14. The zero-order valence-corrected chi connectivity index (χ0v) is 14.5. The summed E-state index contributed by atoms with van der Waals surface area (Å²) < 4.78 is 11.7. The van der Waals surface area contributed by atoms with Crippen molar-refractivity contribution in [3.63, 3.8) is 0 Å². The molecule has 0 radical (unpaired) electrons. The highest BCUT2D eigenvalue weighted by molar-refractivity contribution is 6.31. The molecule has 0 aliphatic carbocycles. The van der Waals surface area contributed by atoms with Crippen molar-refractivity contribution in [2.24, 2.45) is 0 Å². The molecule has 128 valence electrons. The molecule has 0 amide bonds. The van der Waals surface area contributed by atoms with E-state index in [2.05, 4.69) is 4.98 Å². The number of pyridine rings is 1. The van der Waals surface area contributed by atoms with E-state index in [1.807, 2.05) is 0 Å². The summed E-state index contributed by atoms with van der Waals surface area (Å²) >= 11 is 11.8. The van der Waals surface area contributed by atoms with Gasteiger partial charge in [-0.2, -0.15) is 0 Å². The van der Waals surface area contributed by atoms with Crippen LogP contribution in [0.1, 0.15) is 16.1 Å². The zero-order chi connectivity index (χ0) is 18.0. The molecule has 8 heteroatoms. The minimum atomic E-state index is -0.627. The number of esters is 1. The van der Waals surface area contributed by atoms with Gasteiger partial charge in [-0.05, 0) is 30.3 Å². The van der Waals surface area contributed by atoms with Gasteiger partial charge in [-0.15, -0.1) is 0 Å². The van der Waals surface area contributed by atoms with Gasteiger partial charge in [0, 0.05) is 17.3 Å². The molecule has 0 fully saturated rings. The Morgan fingerprint density at radius 2 is 1.92 bits per heavy atom. The van der Waals surface area contributed by atoms with Crippen molar-refractivity contribution < 1.29 is 14.3 Å². The molecule has 0 spiro atoms. The maximum absolute atomic E-state index is 12.3. The maximum atomic E-state index is 12.3. The number of nitrogens with zero attached hydrogens (tertiary/aromatic N) is 2. The van der Waals surface area contributed by atoms with Crippen LogP contribution >= 0.6 is 23.2 Å². The molecule has 0 N–H and O–H groups in total. The predicted molar refractivity (Wildman–Crippen MR) is 93.6 cm³/mol. The van der Waals surface area contributed by atoms with E-state index in [9.17, 15) is 9.59 Å². The van der Waals surface area contributed by atoms with Gasteiger partial charge in [0.05, 0.1) is 17.8 Å². The van der Waals surface area contributed by atoms with Gasteiger partial charge >= 0.3 is 5.97 Å². The number of methoxy groups -OCH3 is 1. The summed E-state index contributed by atoms with van der Waals surface area (Å²) in [5.41, 5.74) is 0.600. The normalized spacial score (nSPS) is 10.7. The van der Waals surface area contributed by atoms with Crippen molar-refractivity contribution in [1.82, 2.24) is 9.38 Å². The summed E-state index contributed by atoms with van der Waals surface area (Å²) in [6.07, 6.45) is 1.47. The largest absolute Gasteiger partial charge is 0.496 e. The molecule has 2 aromatic heterocycles. The van der Waals surface area contributed by atoms with E-state index in [-0.39, 0.29) is 17.7 Å². The number of halogens is 2. The molecule has 0 saturated carbocycles. The fraction of sp³-hybridized carbons (Fsp3) is 0.118. The first-order valence-electron chi connectivity index (χ1n) is 7.16. The van der Waals surface area contributed by atoms with Crippen LogP contribution in [-0.2, 0) is 11.3 Å². The van der Waals surface area contributed by atoms with E-state index in [1.165, 1.54) is 29.8 Å². The van der Waals surface area contributed by atoms with Gasteiger partial charge < -0.3 is 9.47 Å². The third kappa shape index (κ3) is 3.75. The highest BCUT2D eigenvalue weighted by Gasteiger charge is 2.15. The van der Waals surface area contributed by atoms with E-state index in [4.69, 9.17) is 32.7 Å². The first-order valence-corrected chi connectivity index (χ1v) is 7.92. The molecular weight excluding hydrogens is 367 g/mol. The Kier molecular flexibility index (Phi) is 4.92. The van der Waals surface area contributed by atoms with Crippen molar-refractivity contribution in [2.45, 2.75) is 6.61 Å². The number of fused-ring (bicyclic) bond motifs is 1. The molecular formula is C17H12Cl2N2O4. The molecule has 0 atom stereocenters. The number of hydrogen-bond acceptors (Lipinski definition) is 5. The first-order chi connectivity index (χ1) is 12.0. The van der Waals surface area contributed by atoms with E-state index in [1.54, 1.807) is 24.3 Å². The van der Waals surface area contributed by atoms with Crippen LogP contribution in [0.15, 0.2) is 47.4 Å². The smallest absolute Gasteiger partial charge is 0.342 e. The van der Waals surface area contributed by atoms with Crippen molar-refractivity contribution in [2.75, 3.05) is 7.11 Å². The van der Waals surface area contributed by atoms with Gasteiger partial charge in [-0.3, -0.25) is 9.20 Å². The fourth-order valence-corrected chi connectivity index (χ4v) is 2.59. The summed E-state index contributed by atoms with van der Waals surface area (Å²) in [5.74, 6) is -0.284. The van der Waals surface area contributed by atoms with Crippen molar-refractivity contribution in [3.05, 3.63) is 74.3 Å². The van der Waals surface area contributed by atoms with Crippen molar-refractivity contribution >= 4 is 34.8 Å². The lowest BCUT2D eigenvalue weighted by molar-refractivity contribution is 0.0464. The van der Waals surface area contributed by atoms with Gasteiger partial charge in [0.25, 0.3) is 5.56 Å². The standard InChI is InChI=1S/C17H12Cl2N2O4/c1-24-14-4-2-10(18)6-13(14)17(23)25-9-12-7-16(22)21-8-11(19)3-5-15(21)20-12/h2-8H,9H2,1H3. The van der Waals surface area contributed by atoms with Gasteiger partial charge in [-0.25, -0.2) is 9.78 Å². The quantitative estimate of drug-likeness (QED) is 0.651. The Morgan fingerprint density at radius 3 is 2.68 bits per heavy atom. The second-order valence-corrected chi connectivity index (χ2v) is 5.95. The second kappa shape index (κ2) is 7.13. The van der Waals surface area contributed by atoms with E-state index < -0.39 is 5.97 Å². The Morgan fingerprint density at radius 1 is 1.16 bits per heavy atom. The highest BCUT2D eigenvalue weighted by Crippen LogP contribution is 2.23. The number of rotatable bonds is 4. The lowest BCUT2D eigenvalue weighted by Crippen LogP contribution is -2.16. The SMILES string of the molecule is COc1ccc(Cl)cc1C(=O)OCc1cc(=O)n2cc(Cl)ccc2n1. The van der Waals surface area contributed by atoms with Crippen LogP contribution in [0.25, 0.3) is 5.65 Å². The monoisotopic (exact) mass is 378 g/mol. The minimum Gasteiger partial charge on any atom is -0.496 e. The van der Waals surface area contributed by atoms with Crippen LogP contribution in [-0.4, -0.2) is 22.5 Å². The number of aromatic nitrogens is 2. The van der Waals surface area contributed by atoms with Gasteiger partial charge in [-0.1, -0.05) is 23.2 Å². The lowest BCUT2D eigenvalue weighted by atomic mass is 10.2. The summed E-state index contributed by atoms with van der Waals surface area (Å²) in [7, 11) is 1.44. The summed E-state index contributed by atoms with van der Waals surface area (Å²) in [6.45, 7) is -0.164. The van der Waals surface area contributed by atoms with E-state index >= 15 is 0 Å². The van der Waals surface area contributed by atoms with E-state index in [0.29, 0.717) is 27.1 Å². The molecule has 0 unspecified atom stereocenters. The molecule has 0 aliphatic rings.